The molecule has 0 spiro atoms. The summed E-state index contributed by atoms with van der Waals surface area (Å²) in [5, 5.41) is 0. The Morgan fingerprint density at radius 1 is 1.17 bits per heavy atom. The molecule has 18 heavy (non-hydrogen) atoms. The van der Waals surface area contributed by atoms with Crippen molar-refractivity contribution < 1.29 is 9.53 Å². The van der Waals surface area contributed by atoms with E-state index in [0.717, 1.165) is 32.7 Å². The van der Waals surface area contributed by atoms with Gasteiger partial charge >= 0.3 is 6.09 Å². The first-order valence-corrected chi connectivity index (χ1v) is 6.92. The molecule has 0 atom stereocenters. The molecular weight excluding hydrogens is 228 g/mol. The van der Waals surface area contributed by atoms with E-state index in [4.69, 9.17) is 4.74 Å². The van der Waals surface area contributed by atoms with Crippen molar-refractivity contribution in [2.45, 2.75) is 34.6 Å². The standard InChI is InChI=1S/C14H28N2O2/c1-12(2)10-15-6-8-16(9-7-15)13(17)18-11-14(3,4)5/h12H,6-11H2,1-5H3. The number of carbonyl (C=O) groups excluding carboxylic acids is 1. The lowest BCUT2D eigenvalue weighted by molar-refractivity contribution is 0.0530. The van der Waals surface area contributed by atoms with Crippen molar-refractivity contribution in [3.05, 3.63) is 0 Å². The van der Waals surface area contributed by atoms with Crippen LogP contribution in [0.5, 0.6) is 0 Å². The molecule has 0 aliphatic carbocycles. The molecule has 0 aromatic carbocycles. The van der Waals surface area contributed by atoms with Crippen LogP contribution in [0, 0.1) is 11.3 Å². The third-order valence-corrected chi connectivity index (χ3v) is 2.88. The van der Waals surface area contributed by atoms with E-state index in [0.29, 0.717) is 12.5 Å². The lowest BCUT2D eigenvalue weighted by atomic mass is 9.99. The lowest BCUT2D eigenvalue weighted by Crippen LogP contribution is -2.49. The Balaban J connectivity index is 2.27. The first-order chi connectivity index (χ1) is 8.28. The van der Waals surface area contributed by atoms with Crippen molar-refractivity contribution in [3.8, 4) is 0 Å². The van der Waals surface area contributed by atoms with Crippen LogP contribution in [0.1, 0.15) is 34.6 Å². The van der Waals surface area contributed by atoms with E-state index in [-0.39, 0.29) is 11.5 Å². The van der Waals surface area contributed by atoms with Gasteiger partial charge in [-0.15, -0.1) is 0 Å². The third kappa shape index (κ3) is 5.71. The van der Waals surface area contributed by atoms with Crippen LogP contribution in [-0.2, 0) is 4.74 Å². The zero-order valence-corrected chi connectivity index (χ0v) is 12.5. The summed E-state index contributed by atoms with van der Waals surface area (Å²) in [7, 11) is 0. The van der Waals surface area contributed by atoms with Gasteiger partial charge in [0.25, 0.3) is 0 Å². The fourth-order valence-corrected chi connectivity index (χ4v) is 2.00. The van der Waals surface area contributed by atoms with Crippen molar-refractivity contribution in [3.63, 3.8) is 0 Å². The number of amides is 1. The van der Waals surface area contributed by atoms with Crippen LogP contribution in [0.2, 0.25) is 0 Å². The maximum absolute atomic E-state index is 11.9. The summed E-state index contributed by atoms with van der Waals surface area (Å²) >= 11 is 0. The van der Waals surface area contributed by atoms with E-state index >= 15 is 0 Å². The van der Waals surface area contributed by atoms with Gasteiger partial charge in [-0.3, -0.25) is 4.90 Å². The minimum Gasteiger partial charge on any atom is -0.449 e. The van der Waals surface area contributed by atoms with Gasteiger partial charge in [0.05, 0.1) is 6.61 Å². The first-order valence-electron chi connectivity index (χ1n) is 6.92. The molecule has 1 aliphatic heterocycles. The van der Waals surface area contributed by atoms with Crippen LogP contribution in [0.4, 0.5) is 4.79 Å². The molecule has 0 saturated carbocycles. The van der Waals surface area contributed by atoms with Crippen LogP contribution in [0.3, 0.4) is 0 Å². The van der Waals surface area contributed by atoms with Crippen molar-refractivity contribution in [1.82, 2.24) is 9.80 Å². The highest BCUT2D eigenvalue weighted by Crippen LogP contribution is 2.14. The number of hydrogen-bond donors (Lipinski definition) is 0. The number of carbonyl (C=O) groups is 1. The van der Waals surface area contributed by atoms with Crippen LogP contribution < -0.4 is 0 Å². The molecule has 0 aromatic heterocycles. The summed E-state index contributed by atoms with van der Waals surface area (Å²) in [6.45, 7) is 15.8. The van der Waals surface area contributed by atoms with Gasteiger partial charge in [-0.2, -0.15) is 0 Å². The van der Waals surface area contributed by atoms with Crippen LogP contribution >= 0.6 is 0 Å². The monoisotopic (exact) mass is 256 g/mol. The Hall–Kier alpha value is -0.770. The highest BCUT2D eigenvalue weighted by molar-refractivity contribution is 5.67. The molecule has 0 radical (unpaired) electrons. The smallest absolute Gasteiger partial charge is 0.409 e. The molecule has 106 valence electrons. The Morgan fingerprint density at radius 2 is 1.72 bits per heavy atom. The zero-order valence-electron chi connectivity index (χ0n) is 12.5. The van der Waals surface area contributed by atoms with E-state index in [1.165, 1.54) is 0 Å². The Bertz CT molecular complexity index is 263. The quantitative estimate of drug-likeness (QED) is 0.777. The Kier molecular flexibility index (Phi) is 5.45. The van der Waals surface area contributed by atoms with E-state index in [1.807, 2.05) is 4.90 Å². The number of ether oxygens (including phenoxy) is 1. The van der Waals surface area contributed by atoms with Gasteiger partial charge in [-0.1, -0.05) is 34.6 Å². The third-order valence-electron chi connectivity index (χ3n) is 2.88. The van der Waals surface area contributed by atoms with Crippen molar-refractivity contribution >= 4 is 6.09 Å². The van der Waals surface area contributed by atoms with Gasteiger partial charge in [-0.05, 0) is 11.3 Å². The number of nitrogens with zero attached hydrogens (tertiary/aromatic N) is 2. The van der Waals surface area contributed by atoms with E-state index in [1.54, 1.807) is 0 Å². The van der Waals surface area contributed by atoms with Gasteiger partial charge < -0.3 is 9.64 Å². The predicted molar refractivity (Wildman–Crippen MR) is 73.7 cm³/mol. The summed E-state index contributed by atoms with van der Waals surface area (Å²) in [5.41, 5.74) is 0.0368. The van der Waals surface area contributed by atoms with Crippen molar-refractivity contribution in [1.29, 1.82) is 0 Å². The molecule has 1 fully saturated rings. The second-order valence-corrected chi connectivity index (χ2v) is 6.80. The molecule has 1 heterocycles. The molecule has 4 nitrogen and oxygen atoms in total. The second kappa shape index (κ2) is 6.41. The molecule has 4 heteroatoms. The summed E-state index contributed by atoms with van der Waals surface area (Å²) in [6.07, 6.45) is -0.158. The highest BCUT2D eigenvalue weighted by atomic mass is 16.6. The molecular formula is C14H28N2O2. The molecule has 0 unspecified atom stereocenters. The Labute approximate surface area is 111 Å². The predicted octanol–water partition coefficient (Wildman–Crippen LogP) is 2.44. The minimum atomic E-state index is -0.158. The molecule has 1 amide bonds. The molecule has 1 saturated heterocycles. The SMILES string of the molecule is CC(C)CN1CCN(C(=O)OCC(C)(C)C)CC1. The number of piperazine rings is 1. The molecule has 0 bridgehead atoms. The van der Waals surface area contributed by atoms with E-state index in [9.17, 15) is 4.79 Å². The maximum atomic E-state index is 11.9. The van der Waals surface area contributed by atoms with Crippen LogP contribution in [0.15, 0.2) is 0 Å². The van der Waals surface area contributed by atoms with E-state index in [2.05, 4.69) is 39.5 Å². The number of rotatable bonds is 3. The van der Waals surface area contributed by atoms with Gasteiger partial charge in [0.1, 0.15) is 0 Å². The fraction of sp³-hybridized carbons (Fsp3) is 0.929. The van der Waals surface area contributed by atoms with Crippen molar-refractivity contribution in [2.24, 2.45) is 11.3 Å². The number of hydrogen-bond acceptors (Lipinski definition) is 3. The maximum Gasteiger partial charge on any atom is 0.409 e. The largest absolute Gasteiger partial charge is 0.449 e. The van der Waals surface area contributed by atoms with Gasteiger partial charge in [-0.25, -0.2) is 4.79 Å². The lowest BCUT2D eigenvalue weighted by Gasteiger charge is -2.35. The molecule has 0 N–H and O–H groups in total. The average Bonchev–Trinajstić information content (AvgIpc) is 2.25. The summed E-state index contributed by atoms with van der Waals surface area (Å²) in [5.74, 6) is 0.685. The first kappa shape index (κ1) is 15.3. The van der Waals surface area contributed by atoms with Gasteiger partial charge in [0, 0.05) is 32.7 Å². The van der Waals surface area contributed by atoms with Crippen LogP contribution in [0.25, 0.3) is 0 Å². The fourth-order valence-electron chi connectivity index (χ4n) is 2.00. The average molecular weight is 256 g/mol. The van der Waals surface area contributed by atoms with Crippen molar-refractivity contribution in [2.75, 3.05) is 39.3 Å². The molecule has 0 aromatic rings. The summed E-state index contributed by atoms with van der Waals surface area (Å²) < 4.78 is 5.33. The molecule has 1 aliphatic rings. The second-order valence-electron chi connectivity index (χ2n) is 6.80. The topological polar surface area (TPSA) is 32.8 Å². The summed E-state index contributed by atoms with van der Waals surface area (Å²) in [4.78, 5) is 16.1. The minimum absolute atomic E-state index is 0.0368. The molecule has 1 rings (SSSR count). The van der Waals surface area contributed by atoms with Gasteiger partial charge in [0.2, 0.25) is 0 Å². The normalized spacial score (nSPS) is 18.2. The van der Waals surface area contributed by atoms with E-state index < -0.39 is 0 Å². The zero-order chi connectivity index (χ0) is 13.8. The van der Waals surface area contributed by atoms with Crippen LogP contribution in [-0.4, -0.2) is 55.2 Å². The highest BCUT2D eigenvalue weighted by Gasteiger charge is 2.23. The summed E-state index contributed by atoms with van der Waals surface area (Å²) in [6, 6.07) is 0. The van der Waals surface area contributed by atoms with Gasteiger partial charge in [0.15, 0.2) is 0 Å². The Morgan fingerprint density at radius 3 is 2.17 bits per heavy atom.